The molecule has 10 heteroatoms. The molecular weight excluding hydrogens is 380 g/mol. The molecule has 3 aliphatic rings. The van der Waals surface area contributed by atoms with Gasteiger partial charge in [-0.3, -0.25) is 0 Å². The number of rotatable bonds is 4. The molecule has 0 unspecified atom stereocenters. The van der Waals surface area contributed by atoms with Crippen LogP contribution >= 0.6 is 0 Å². The van der Waals surface area contributed by atoms with E-state index in [1.807, 2.05) is 0 Å². The molecule has 1 saturated carbocycles. The average Bonchev–Trinajstić information content (AvgIpc) is 2.72. The van der Waals surface area contributed by atoms with E-state index in [-0.39, 0.29) is 24.2 Å². The number of aromatic nitrogens is 3. The topological polar surface area (TPSA) is 152 Å². The predicted molar refractivity (Wildman–Crippen MR) is 121 cm³/mol. The second kappa shape index (κ2) is 9.17. The molecule has 0 spiro atoms. The summed E-state index contributed by atoms with van der Waals surface area (Å²) in [7, 11) is 2.10. The van der Waals surface area contributed by atoms with Gasteiger partial charge in [-0.25, -0.2) is 0 Å². The van der Waals surface area contributed by atoms with Gasteiger partial charge in [-0.2, -0.15) is 15.0 Å². The quantitative estimate of drug-likeness (QED) is 0.497. The van der Waals surface area contributed by atoms with Crippen LogP contribution in [0.15, 0.2) is 0 Å². The highest BCUT2D eigenvalue weighted by Crippen LogP contribution is 2.27. The fourth-order valence-electron chi connectivity index (χ4n) is 5.10. The molecule has 3 fully saturated rings. The summed E-state index contributed by atoms with van der Waals surface area (Å²) in [6.07, 6.45) is 7.80. The lowest BCUT2D eigenvalue weighted by molar-refractivity contribution is 0.421. The number of hydrogen-bond donors (Lipinski definition) is 4. The Morgan fingerprint density at radius 2 is 1.13 bits per heavy atom. The van der Waals surface area contributed by atoms with E-state index >= 15 is 0 Å². The molecule has 2 aliphatic heterocycles. The van der Waals surface area contributed by atoms with Crippen molar-refractivity contribution in [2.45, 2.75) is 75.2 Å². The summed E-state index contributed by atoms with van der Waals surface area (Å²) in [6.45, 7) is 2.79. The third kappa shape index (κ3) is 4.93. The Morgan fingerprint density at radius 1 is 0.700 bits per heavy atom. The van der Waals surface area contributed by atoms with Crippen molar-refractivity contribution in [3.63, 3.8) is 0 Å². The maximum atomic E-state index is 6.24. The normalized spacial score (nSPS) is 31.1. The van der Waals surface area contributed by atoms with Crippen molar-refractivity contribution in [3.8, 4) is 0 Å². The van der Waals surface area contributed by atoms with Crippen LogP contribution in [0.25, 0.3) is 0 Å². The average molecular weight is 419 g/mol. The summed E-state index contributed by atoms with van der Waals surface area (Å²) in [5.41, 5.74) is 25.0. The fourth-order valence-corrected chi connectivity index (χ4v) is 5.10. The minimum atomic E-state index is 0.0188. The van der Waals surface area contributed by atoms with Crippen molar-refractivity contribution in [1.82, 2.24) is 15.0 Å². The van der Waals surface area contributed by atoms with Crippen molar-refractivity contribution in [1.29, 1.82) is 0 Å². The highest BCUT2D eigenvalue weighted by molar-refractivity contribution is 5.48. The SMILES string of the molecule is CN(c1nc(N2C[C@H](N)C[C@H](N)C2)nc(N2C[C@H](N)C[C@H](N)C2)n1)C1CCCCC1. The Bertz CT molecular complexity index is 645. The van der Waals surface area contributed by atoms with Crippen molar-refractivity contribution in [2.24, 2.45) is 22.9 Å². The third-order valence-electron chi connectivity index (χ3n) is 6.63. The van der Waals surface area contributed by atoms with Gasteiger partial charge >= 0.3 is 0 Å². The van der Waals surface area contributed by atoms with Crippen LogP contribution in [0.3, 0.4) is 0 Å². The first-order chi connectivity index (χ1) is 14.4. The van der Waals surface area contributed by atoms with Gasteiger partial charge in [0.05, 0.1) is 0 Å². The maximum absolute atomic E-state index is 6.24. The largest absolute Gasteiger partial charge is 0.341 e. The monoisotopic (exact) mass is 418 g/mol. The second-order valence-electron chi connectivity index (χ2n) is 9.46. The highest BCUT2D eigenvalue weighted by Gasteiger charge is 2.30. The Hall–Kier alpha value is -1.75. The van der Waals surface area contributed by atoms with Crippen LogP contribution in [0, 0.1) is 0 Å². The first-order valence-corrected chi connectivity index (χ1v) is 11.4. The zero-order valence-electron chi connectivity index (χ0n) is 18.2. The number of nitrogens with two attached hydrogens (primary N) is 4. The molecule has 4 atom stereocenters. The van der Waals surface area contributed by atoms with Crippen molar-refractivity contribution >= 4 is 17.8 Å². The van der Waals surface area contributed by atoms with E-state index in [9.17, 15) is 0 Å². The summed E-state index contributed by atoms with van der Waals surface area (Å²) in [5, 5.41) is 0. The van der Waals surface area contributed by atoms with Crippen LogP contribution in [0.4, 0.5) is 17.8 Å². The molecule has 3 heterocycles. The molecule has 0 aromatic carbocycles. The molecule has 0 amide bonds. The molecule has 2 saturated heterocycles. The van der Waals surface area contributed by atoms with E-state index in [0.29, 0.717) is 50.1 Å². The molecule has 30 heavy (non-hydrogen) atoms. The van der Waals surface area contributed by atoms with Gasteiger partial charge in [-0.1, -0.05) is 19.3 Å². The Morgan fingerprint density at radius 3 is 1.57 bits per heavy atom. The van der Waals surface area contributed by atoms with Crippen LogP contribution in [0.5, 0.6) is 0 Å². The first kappa shape index (κ1) is 21.5. The van der Waals surface area contributed by atoms with Crippen LogP contribution in [0.1, 0.15) is 44.9 Å². The Balaban J connectivity index is 1.66. The van der Waals surface area contributed by atoms with Gasteiger partial charge in [-0.05, 0) is 25.7 Å². The molecule has 1 aliphatic carbocycles. The minimum absolute atomic E-state index is 0.0188. The van der Waals surface area contributed by atoms with E-state index in [2.05, 4.69) is 21.7 Å². The number of nitrogens with zero attached hydrogens (tertiary/aromatic N) is 6. The van der Waals surface area contributed by atoms with Gasteiger partial charge in [0.25, 0.3) is 0 Å². The Labute approximate surface area is 179 Å². The van der Waals surface area contributed by atoms with Gasteiger partial charge in [0.2, 0.25) is 17.8 Å². The molecule has 8 N–H and O–H groups in total. The predicted octanol–water partition coefficient (Wildman–Crippen LogP) is -0.630. The molecule has 10 nitrogen and oxygen atoms in total. The summed E-state index contributed by atoms with van der Waals surface area (Å²) >= 11 is 0. The molecule has 0 radical (unpaired) electrons. The lowest BCUT2D eigenvalue weighted by Gasteiger charge is -2.38. The second-order valence-corrected chi connectivity index (χ2v) is 9.46. The summed E-state index contributed by atoms with van der Waals surface area (Å²) in [6, 6.07) is 0.532. The summed E-state index contributed by atoms with van der Waals surface area (Å²) in [4.78, 5) is 21.0. The molecule has 168 valence electrons. The van der Waals surface area contributed by atoms with Crippen molar-refractivity contribution < 1.29 is 0 Å². The minimum Gasteiger partial charge on any atom is -0.341 e. The number of hydrogen-bond acceptors (Lipinski definition) is 10. The summed E-state index contributed by atoms with van der Waals surface area (Å²) < 4.78 is 0. The van der Waals surface area contributed by atoms with E-state index in [1.54, 1.807) is 0 Å². The van der Waals surface area contributed by atoms with Crippen LogP contribution in [-0.2, 0) is 0 Å². The van der Waals surface area contributed by atoms with E-state index in [1.165, 1.54) is 32.1 Å². The van der Waals surface area contributed by atoms with Gasteiger partial charge < -0.3 is 37.6 Å². The maximum Gasteiger partial charge on any atom is 0.232 e. The summed E-state index contributed by atoms with van der Waals surface area (Å²) in [5.74, 6) is 2.01. The van der Waals surface area contributed by atoms with Crippen LogP contribution in [-0.4, -0.2) is 78.4 Å². The molecule has 4 rings (SSSR count). The molecular formula is C20H38N10. The van der Waals surface area contributed by atoms with Crippen LogP contribution in [0.2, 0.25) is 0 Å². The number of piperidine rings is 2. The van der Waals surface area contributed by atoms with E-state index in [0.717, 1.165) is 12.8 Å². The lowest BCUT2D eigenvalue weighted by Crippen LogP contribution is -2.54. The van der Waals surface area contributed by atoms with Gasteiger partial charge in [-0.15, -0.1) is 0 Å². The van der Waals surface area contributed by atoms with Gasteiger partial charge in [0, 0.05) is 63.4 Å². The standard InChI is InChI=1S/C20H38N10/c1-28(17-5-3-2-4-6-17)18-25-19(29-9-13(21)7-14(22)10-29)27-20(26-18)30-11-15(23)8-16(24)12-30/h13-17H,2-12,21-24H2,1H3/t13-,14+,15-,16+. The smallest absolute Gasteiger partial charge is 0.232 e. The van der Waals surface area contributed by atoms with Crippen molar-refractivity contribution in [3.05, 3.63) is 0 Å². The molecule has 1 aromatic heterocycles. The molecule has 0 bridgehead atoms. The third-order valence-corrected chi connectivity index (χ3v) is 6.63. The van der Waals surface area contributed by atoms with Gasteiger partial charge in [0.15, 0.2) is 0 Å². The fraction of sp³-hybridized carbons (Fsp3) is 0.850. The highest BCUT2D eigenvalue weighted by atomic mass is 15.4. The zero-order chi connectivity index (χ0) is 21.3. The van der Waals surface area contributed by atoms with Crippen molar-refractivity contribution in [2.75, 3.05) is 47.9 Å². The van der Waals surface area contributed by atoms with Crippen LogP contribution < -0.4 is 37.6 Å². The van der Waals surface area contributed by atoms with E-state index in [4.69, 9.17) is 37.9 Å². The zero-order valence-corrected chi connectivity index (χ0v) is 18.2. The molecule has 1 aromatic rings. The number of anilines is 3. The Kier molecular flexibility index (Phi) is 6.57. The van der Waals surface area contributed by atoms with E-state index < -0.39 is 0 Å². The lowest BCUT2D eigenvalue weighted by atomic mass is 9.95. The van der Waals surface area contributed by atoms with Gasteiger partial charge in [0.1, 0.15) is 0 Å². The first-order valence-electron chi connectivity index (χ1n) is 11.4.